The summed E-state index contributed by atoms with van der Waals surface area (Å²) in [5.41, 5.74) is 11.0. The van der Waals surface area contributed by atoms with Crippen molar-refractivity contribution < 1.29 is 13.9 Å². The Bertz CT molecular complexity index is 996. The number of carbonyl (C=O) groups excluding carboxylic acids is 1. The van der Waals surface area contributed by atoms with E-state index >= 15 is 0 Å². The van der Waals surface area contributed by atoms with Gasteiger partial charge in [-0.2, -0.15) is 0 Å². The number of rotatable bonds is 10. The molecule has 1 aliphatic rings. The number of hydrogen-bond acceptors (Lipinski definition) is 4. The van der Waals surface area contributed by atoms with E-state index in [1.54, 1.807) is 0 Å². The highest BCUT2D eigenvalue weighted by Gasteiger charge is 2.27. The SMILES string of the molecule is CC(CCc1nc2ccc3c(c2o1)C(CCCC(N)=O)CC3)OCc1ccccc1. The topological polar surface area (TPSA) is 78.4 Å². The van der Waals surface area contributed by atoms with Crippen molar-refractivity contribution in [3.05, 3.63) is 65.0 Å². The Morgan fingerprint density at radius 3 is 2.90 bits per heavy atom. The second kappa shape index (κ2) is 9.43. The standard InChI is InChI=1S/C25H30N2O3/c1-17(29-16-18-6-3-2-4-7-18)10-15-23-27-21-14-13-20-12-11-19(8-5-9-22(26)28)24(20)25(21)30-23/h2-4,6-7,13-14,17,19H,5,8-12,15-16H2,1H3,(H2,26,28). The number of carbonyl (C=O) groups is 1. The van der Waals surface area contributed by atoms with Gasteiger partial charge in [-0.3, -0.25) is 4.79 Å². The number of fused-ring (bicyclic) bond motifs is 3. The van der Waals surface area contributed by atoms with E-state index in [2.05, 4.69) is 31.2 Å². The monoisotopic (exact) mass is 406 g/mol. The summed E-state index contributed by atoms with van der Waals surface area (Å²) in [7, 11) is 0. The zero-order valence-electron chi connectivity index (χ0n) is 17.6. The maximum Gasteiger partial charge on any atom is 0.217 e. The molecule has 1 heterocycles. The maximum absolute atomic E-state index is 11.1. The molecule has 2 N–H and O–H groups in total. The molecule has 1 aliphatic carbocycles. The molecular formula is C25H30N2O3. The first-order valence-electron chi connectivity index (χ1n) is 10.9. The molecule has 158 valence electrons. The summed E-state index contributed by atoms with van der Waals surface area (Å²) in [6.07, 6.45) is 6.16. The molecule has 5 heteroatoms. The zero-order valence-corrected chi connectivity index (χ0v) is 17.6. The summed E-state index contributed by atoms with van der Waals surface area (Å²) >= 11 is 0. The van der Waals surface area contributed by atoms with Crippen molar-refractivity contribution in [1.29, 1.82) is 0 Å². The Labute approximate surface area is 177 Å². The van der Waals surface area contributed by atoms with Crippen LogP contribution in [0.1, 0.15) is 67.5 Å². The first-order chi connectivity index (χ1) is 14.6. The van der Waals surface area contributed by atoms with E-state index in [0.717, 1.165) is 55.5 Å². The van der Waals surface area contributed by atoms with E-state index < -0.39 is 0 Å². The van der Waals surface area contributed by atoms with Crippen LogP contribution in [0.15, 0.2) is 46.9 Å². The van der Waals surface area contributed by atoms with E-state index in [0.29, 0.717) is 18.9 Å². The van der Waals surface area contributed by atoms with Crippen molar-refractivity contribution in [2.75, 3.05) is 0 Å². The summed E-state index contributed by atoms with van der Waals surface area (Å²) in [6, 6.07) is 14.5. The van der Waals surface area contributed by atoms with E-state index in [1.165, 1.54) is 16.7 Å². The van der Waals surface area contributed by atoms with Gasteiger partial charge in [0.25, 0.3) is 0 Å². The first kappa shape index (κ1) is 20.6. The lowest BCUT2D eigenvalue weighted by Gasteiger charge is -2.12. The van der Waals surface area contributed by atoms with Crippen LogP contribution in [-0.4, -0.2) is 17.0 Å². The van der Waals surface area contributed by atoms with Crippen LogP contribution < -0.4 is 5.73 Å². The molecule has 0 bridgehead atoms. The van der Waals surface area contributed by atoms with Crippen molar-refractivity contribution in [2.45, 2.75) is 70.5 Å². The van der Waals surface area contributed by atoms with Crippen molar-refractivity contribution in [2.24, 2.45) is 5.73 Å². The lowest BCUT2D eigenvalue weighted by Crippen LogP contribution is -2.10. The maximum atomic E-state index is 11.1. The second-order valence-corrected chi connectivity index (χ2v) is 8.33. The van der Waals surface area contributed by atoms with Gasteiger partial charge in [-0.1, -0.05) is 36.4 Å². The van der Waals surface area contributed by atoms with Crippen LogP contribution in [0.4, 0.5) is 0 Å². The van der Waals surface area contributed by atoms with Gasteiger partial charge in [0.2, 0.25) is 5.91 Å². The summed E-state index contributed by atoms with van der Waals surface area (Å²) in [5.74, 6) is 0.977. The number of benzene rings is 2. The molecular weight excluding hydrogens is 376 g/mol. The van der Waals surface area contributed by atoms with Gasteiger partial charge in [-0.15, -0.1) is 0 Å². The molecule has 0 radical (unpaired) electrons. The number of hydrogen-bond donors (Lipinski definition) is 1. The lowest BCUT2D eigenvalue weighted by molar-refractivity contribution is -0.118. The van der Waals surface area contributed by atoms with Crippen LogP contribution in [0.5, 0.6) is 0 Å². The molecule has 3 aromatic rings. The molecule has 5 nitrogen and oxygen atoms in total. The molecule has 4 rings (SSSR count). The third-order valence-corrected chi connectivity index (χ3v) is 6.02. The van der Waals surface area contributed by atoms with Crippen molar-refractivity contribution in [1.82, 2.24) is 4.98 Å². The van der Waals surface area contributed by atoms with E-state index in [4.69, 9.17) is 19.9 Å². The number of oxazole rings is 1. The Kier molecular flexibility index (Phi) is 6.48. The highest BCUT2D eigenvalue weighted by Crippen LogP contribution is 2.41. The van der Waals surface area contributed by atoms with Gasteiger partial charge in [0.15, 0.2) is 11.5 Å². The van der Waals surface area contributed by atoms with Gasteiger partial charge in [-0.05, 0) is 62.1 Å². The van der Waals surface area contributed by atoms with Gasteiger partial charge in [0.1, 0.15) is 5.52 Å². The fraction of sp³-hybridized carbons (Fsp3) is 0.440. The number of nitrogens with zero attached hydrogens (tertiary/aromatic N) is 1. The van der Waals surface area contributed by atoms with Crippen LogP contribution in [0.2, 0.25) is 0 Å². The first-order valence-corrected chi connectivity index (χ1v) is 10.9. The number of aromatic nitrogens is 1. The Morgan fingerprint density at radius 1 is 1.27 bits per heavy atom. The summed E-state index contributed by atoms with van der Waals surface area (Å²) in [5, 5.41) is 0. The summed E-state index contributed by atoms with van der Waals surface area (Å²) in [6.45, 7) is 2.72. The number of aryl methyl sites for hydroxylation is 2. The Hall–Kier alpha value is -2.66. The van der Waals surface area contributed by atoms with Crippen molar-refractivity contribution in [3.8, 4) is 0 Å². The molecule has 0 fully saturated rings. The highest BCUT2D eigenvalue weighted by molar-refractivity contribution is 5.79. The zero-order chi connectivity index (χ0) is 20.9. The Balaban J connectivity index is 1.38. The molecule has 2 atom stereocenters. The molecule has 0 spiro atoms. The fourth-order valence-corrected chi connectivity index (χ4v) is 4.38. The molecule has 2 aromatic carbocycles. The van der Waals surface area contributed by atoms with Gasteiger partial charge in [0.05, 0.1) is 12.7 Å². The van der Waals surface area contributed by atoms with E-state index in [1.807, 2.05) is 18.2 Å². The minimum absolute atomic E-state index is 0.132. The van der Waals surface area contributed by atoms with Crippen molar-refractivity contribution >= 4 is 17.0 Å². The van der Waals surface area contributed by atoms with Gasteiger partial charge >= 0.3 is 0 Å². The smallest absolute Gasteiger partial charge is 0.217 e. The number of nitrogens with two attached hydrogens (primary N) is 1. The number of primary amides is 1. The van der Waals surface area contributed by atoms with E-state index in [-0.39, 0.29) is 12.0 Å². The summed E-state index contributed by atoms with van der Waals surface area (Å²) < 4.78 is 12.2. The summed E-state index contributed by atoms with van der Waals surface area (Å²) in [4.78, 5) is 15.8. The molecule has 30 heavy (non-hydrogen) atoms. The van der Waals surface area contributed by atoms with Gasteiger partial charge < -0.3 is 14.9 Å². The molecule has 0 aliphatic heterocycles. The van der Waals surface area contributed by atoms with Crippen molar-refractivity contribution in [3.63, 3.8) is 0 Å². The molecule has 0 saturated carbocycles. The quantitative estimate of drug-likeness (QED) is 0.511. The minimum Gasteiger partial charge on any atom is -0.440 e. The van der Waals surface area contributed by atoms with Gasteiger partial charge in [-0.25, -0.2) is 4.98 Å². The van der Waals surface area contributed by atoms with E-state index in [9.17, 15) is 4.79 Å². The lowest BCUT2D eigenvalue weighted by atomic mass is 9.94. The average molecular weight is 407 g/mol. The third-order valence-electron chi connectivity index (χ3n) is 6.02. The van der Waals surface area contributed by atoms with Crippen LogP contribution in [0, 0.1) is 0 Å². The fourth-order valence-electron chi connectivity index (χ4n) is 4.38. The normalized spacial score (nSPS) is 16.6. The third kappa shape index (κ3) is 4.90. The van der Waals surface area contributed by atoms with Crippen LogP contribution in [-0.2, 0) is 29.0 Å². The molecule has 1 amide bonds. The van der Waals surface area contributed by atoms with Gasteiger partial charge in [0, 0.05) is 18.4 Å². The van der Waals surface area contributed by atoms with Crippen LogP contribution >= 0.6 is 0 Å². The average Bonchev–Trinajstić information content (AvgIpc) is 3.34. The highest BCUT2D eigenvalue weighted by atomic mass is 16.5. The van der Waals surface area contributed by atoms with Crippen LogP contribution in [0.25, 0.3) is 11.1 Å². The number of ether oxygens (including phenoxy) is 1. The predicted molar refractivity (Wildman–Crippen MR) is 117 cm³/mol. The molecule has 2 unspecified atom stereocenters. The minimum atomic E-state index is -0.225. The predicted octanol–water partition coefficient (Wildman–Crippen LogP) is 5.05. The second-order valence-electron chi connectivity index (χ2n) is 8.33. The number of amides is 1. The van der Waals surface area contributed by atoms with Crippen LogP contribution in [0.3, 0.4) is 0 Å². The largest absolute Gasteiger partial charge is 0.440 e. The molecule has 1 aromatic heterocycles. The Morgan fingerprint density at radius 2 is 2.10 bits per heavy atom. The molecule has 0 saturated heterocycles.